The Morgan fingerprint density at radius 1 is 1.18 bits per heavy atom. The van der Waals surface area contributed by atoms with Crippen LogP contribution in [-0.4, -0.2) is 34.0 Å². The molecule has 0 bridgehead atoms. The Labute approximate surface area is 102 Å². The molecule has 1 aliphatic carbocycles. The van der Waals surface area contributed by atoms with Gasteiger partial charge in [-0.3, -0.25) is 14.5 Å². The lowest BCUT2D eigenvalue weighted by Gasteiger charge is -2.30. The van der Waals surface area contributed by atoms with E-state index in [0.29, 0.717) is 12.8 Å². The maximum absolute atomic E-state index is 12.1. The quantitative estimate of drug-likeness (QED) is 0.753. The molecule has 2 aliphatic rings. The molecule has 1 N–H and O–H groups in total. The first-order valence-electron chi connectivity index (χ1n) is 6.60. The maximum Gasteiger partial charge on any atom is 0.233 e. The van der Waals surface area contributed by atoms with Crippen molar-refractivity contribution >= 4 is 11.8 Å². The van der Waals surface area contributed by atoms with Gasteiger partial charge in [-0.15, -0.1) is 0 Å². The van der Waals surface area contributed by atoms with Crippen LogP contribution < -0.4 is 0 Å². The van der Waals surface area contributed by atoms with Crippen LogP contribution in [0.15, 0.2) is 0 Å². The van der Waals surface area contributed by atoms with E-state index in [1.54, 1.807) is 0 Å². The average Bonchev–Trinajstić information content (AvgIpc) is 2.89. The van der Waals surface area contributed by atoms with Crippen LogP contribution in [0, 0.1) is 11.8 Å². The third kappa shape index (κ3) is 1.99. The molecule has 2 unspecified atom stereocenters. The fraction of sp³-hybridized carbons (Fsp3) is 0.846. The van der Waals surface area contributed by atoms with Crippen LogP contribution in [0.5, 0.6) is 0 Å². The third-order valence-electron chi connectivity index (χ3n) is 4.45. The molecule has 1 saturated heterocycles. The topological polar surface area (TPSA) is 57.6 Å². The van der Waals surface area contributed by atoms with Crippen molar-refractivity contribution < 1.29 is 14.7 Å². The van der Waals surface area contributed by atoms with Crippen LogP contribution in [0.4, 0.5) is 0 Å². The second-order valence-electron chi connectivity index (χ2n) is 5.34. The highest BCUT2D eigenvalue weighted by atomic mass is 16.3. The summed E-state index contributed by atoms with van der Waals surface area (Å²) in [7, 11) is 0. The van der Waals surface area contributed by atoms with E-state index >= 15 is 0 Å². The molecule has 2 amide bonds. The maximum atomic E-state index is 12.1. The highest BCUT2D eigenvalue weighted by Gasteiger charge is 2.50. The smallest absolute Gasteiger partial charge is 0.233 e. The molecule has 4 nitrogen and oxygen atoms in total. The number of fused-ring (bicyclic) bond motifs is 1. The Hall–Kier alpha value is -0.900. The predicted octanol–water partition coefficient (Wildman–Crippen LogP) is 1.32. The van der Waals surface area contributed by atoms with E-state index in [9.17, 15) is 14.7 Å². The number of hydrogen-bond acceptors (Lipinski definition) is 3. The zero-order valence-electron chi connectivity index (χ0n) is 10.6. The summed E-state index contributed by atoms with van der Waals surface area (Å²) >= 11 is 0. The van der Waals surface area contributed by atoms with Crippen LogP contribution in [-0.2, 0) is 9.59 Å². The minimum Gasteiger partial charge on any atom is -0.388 e. The molecule has 1 saturated carbocycles. The first-order valence-corrected chi connectivity index (χ1v) is 6.60. The summed E-state index contributed by atoms with van der Waals surface area (Å²) in [6.07, 6.45) is 3.78. The predicted molar refractivity (Wildman–Crippen MR) is 63.1 cm³/mol. The molecule has 0 radical (unpaired) electrons. The molecule has 2 rings (SSSR count). The SMILES string of the molecule is CCC(O)(CC)CN1C(=O)C2CCCC2C1=O. The van der Waals surface area contributed by atoms with Crippen molar-refractivity contribution in [3.8, 4) is 0 Å². The number of amides is 2. The highest BCUT2D eigenvalue weighted by Crippen LogP contribution is 2.40. The summed E-state index contributed by atoms with van der Waals surface area (Å²) in [5.74, 6) is -0.309. The van der Waals surface area contributed by atoms with Crippen molar-refractivity contribution in [1.82, 2.24) is 4.90 Å². The van der Waals surface area contributed by atoms with Crippen molar-refractivity contribution in [3.05, 3.63) is 0 Å². The first-order chi connectivity index (χ1) is 8.02. The van der Waals surface area contributed by atoms with Crippen LogP contribution in [0.25, 0.3) is 0 Å². The van der Waals surface area contributed by atoms with Crippen molar-refractivity contribution in [3.63, 3.8) is 0 Å². The number of β-amino-alcohol motifs (C(OH)–C–C–N with tert-alkyl or cyclic N) is 1. The summed E-state index contributed by atoms with van der Waals surface area (Å²) in [5, 5.41) is 10.2. The van der Waals surface area contributed by atoms with E-state index in [-0.39, 0.29) is 30.2 Å². The van der Waals surface area contributed by atoms with Gasteiger partial charge in [0.25, 0.3) is 0 Å². The molecule has 1 heterocycles. The molecule has 96 valence electrons. The summed E-state index contributed by atoms with van der Waals surface area (Å²) in [5.41, 5.74) is -0.913. The van der Waals surface area contributed by atoms with Crippen molar-refractivity contribution in [2.75, 3.05) is 6.54 Å². The molecule has 0 aromatic rings. The number of carbonyl (C=O) groups excluding carboxylic acids is 2. The molecule has 0 aromatic carbocycles. The van der Waals surface area contributed by atoms with E-state index in [1.807, 2.05) is 13.8 Å². The number of carbonyl (C=O) groups is 2. The molecular formula is C13H21NO3. The molecule has 2 atom stereocenters. The van der Waals surface area contributed by atoms with Crippen LogP contribution in [0.3, 0.4) is 0 Å². The van der Waals surface area contributed by atoms with Crippen molar-refractivity contribution in [2.45, 2.75) is 51.6 Å². The van der Waals surface area contributed by atoms with Crippen LogP contribution in [0.1, 0.15) is 46.0 Å². The molecule has 17 heavy (non-hydrogen) atoms. The number of imide groups is 1. The fourth-order valence-electron chi connectivity index (χ4n) is 2.98. The van der Waals surface area contributed by atoms with Gasteiger partial charge in [0.15, 0.2) is 0 Å². The average molecular weight is 239 g/mol. The Bertz CT molecular complexity index is 314. The Kier molecular flexibility index (Phi) is 3.25. The third-order valence-corrected chi connectivity index (χ3v) is 4.45. The number of hydrogen-bond donors (Lipinski definition) is 1. The van der Waals surface area contributed by atoms with Crippen LogP contribution in [0.2, 0.25) is 0 Å². The van der Waals surface area contributed by atoms with E-state index in [4.69, 9.17) is 0 Å². The molecule has 2 fully saturated rings. The molecular weight excluding hydrogens is 218 g/mol. The van der Waals surface area contributed by atoms with Crippen molar-refractivity contribution in [2.24, 2.45) is 11.8 Å². The van der Waals surface area contributed by atoms with E-state index < -0.39 is 5.60 Å². The minimum atomic E-state index is -0.913. The minimum absolute atomic E-state index is 0.0576. The second-order valence-corrected chi connectivity index (χ2v) is 5.34. The first kappa shape index (κ1) is 12.6. The normalized spacial score (nSPS) is 29.0. The zero-order valence-corrected chi connectivity index (χ0v) is 10.6. The summed E-state index contributed by atoms with van der Waals surface area (Å²) in [6, 6.07) is 0. The lowest BCUT2D eigenvalue weighted by Crippen LogP contribution is -2.45. The number of likely N-dealkylation sites (tertiary alicyclic amines) is 1. The Morgan fingerprint density at radius 2 is 1.65 bits per heavy atom. The summed E-state index contributed by atoms with van der Waals surface area (Å²) in [6.45, 7) is 3.94. The van der Waals surface area contributed by atoms with Crippen molar-refractivity contribution in [1.29, 1.82) is 0 Å². The monoisotopic (exact) mass is 239 g/mol. The number of nitrogens with zero attached hydrogens (tertiary/aromatic N) is 1. The Balaban J connectivity index is 2.12. The zero-order chi connectivity index (χ0) is 12.6. The summed E-state index contributed by atoms with van der Waals surface area (Å²) < 4.78 is 0. The van der Waals surface area contributed by atoms with Gasteiger partial charge in [-0.1, -0.05) is 20.3 Å². The van der Waals surface area contributed by atoms with E-state index in [2.05, 4.69) is 0 Å². The number of rotatable bonds is 4. The van der Waals surface area contributed by atoms with Gasteiger partial charge < -0.3 is 5.11 Å². The van der Waals surface area contributed by atoms with Crippen LogP contribution >= 0.6 is 0 Å². The van der Waals surface area contributed by atoms with E-state index in [1.165, 1.54) is 4.90 Å². The van der Waals surface area contributed by atoms with Gasteiger partial charge >= 0.3 is 0 Å². The lowest BCUT2D eigenvalue weighted by molar-refractivity contribution is -0.144. The lowest BCUT2D eigenvalue weighted by atomic mass is 9.97. The van der Waals surface area contributed by atoms with Gasteiger partial charge in [0.2, 0.25) is 11.8 Å². The molecule has 4 heteroatoms. The molecule has 0 aromatic heterocycles. The van der Waals surface area contributed by atoms with E-state index in [0.717, 1.165) is 19.3 Å². The fourth-order valence-corrected chi connectivity index (χ4v) is 2.98. The highest BCUT2D eigenvalue weighted by molar-refractivity contribution is 6.05. The van der Waals surface area contributed by atoms with Gasteiger partial charge in [-0.25, -0.2) is 0 Å². The van der Waals surface area contributed by atoms with Gasteiger partial charge in [0.1, 0.15) is 0 Å². The standard InChI is InChI=1S/C13H21NO3/c1-3-13(17,4-2)8-14-11(15)9-6-5-7-10(9)12(14)16/h9-10,17H,3-8H2,1-2H3. The van der Waals surface area contributed by atoms with Gasteiger partial charge in [0.05, 0.1) is 24.0 Å². The van der Waals surface area contributed by atoms with Gasteiger partial charge in [-0.05, 0) is 25.7 Å². The molecule has 1 aliphatic heterocycles. The van der Waals surface area contributed by atoms with Gasteiger partial charge in [0, 0.05) is 0 Å². The summed E-state index contributed by atoms with van der Waals surface area (Å²) in [4.78, 5) is 25.5. The van der Waals surface area contributed by atoms with Gasteiger partial charge in [-0.2, -0.15) is 0 Å². The Morgan fingerprint density at radius 3 is 2.06 bits per heavy atom. The second kappa shape index (κ2) is 4.41. The number of aliphatic hydroxyl groups is 1. The largest absolute Gasteiger partial charge is 0.388 e. The molecule has 0 spiro atoms.